The first kappa shape index (κ1) is 22.3. The van der Waals surface area contributed by atoms with Crippen molar-refractivity contribution in [1.82, 2.24) is 0 Å². The number of carbonyl (C=O) groups excluding carboxylic acids is 2. The van der Waals surface area contributed by atoms with Gasteiger partial charge in [-0.05, 0) is 24.3 Å². The van der Waals surface area contributed by atoms with Crippen LogP contribution in [0.5, 0.6) is 0 Å². The van der Waals surface area contributed by atoms with E-state index in [0.717, 1.165) is 12.1 Å². The zero-order chi connectivity index (χ0) is 19.6. The monoisotopic (exact) mass is 440 g/mol. The number of nitrogen functional groups attached to an aromatic ring is 1. The summed E-state index contributed by atoms with van der Waals surface area (Å²) in [6.07, 6.45) is 0. The van der Waals surface area contributed by atoms with E-state index in [-0.39, 0.29) is 63.0 Å². The smallest absolute Gasteiger partial charge is 0.397 e. The van der Waals surface area contributed by atoms with Gasteiger partial charge < -0.3 is 5.73 Å². The summed E-state index contributed by atoms with van der Waals surface area (Å²) in [6.45, 7) is 0. The van der Waals surface area contributed by atoms with Crippen LogP contribution in [0.25, 0.3) is 0 Å². The second-order valence-corrected chi connectivity index (χ2v) is 8.15. The van der Waals surface area contributed by atoms with Crippen LogP contribution in [0.3, 0.4) is 0 Å². The molecule has 13 heteroatoms. The third-order valence-corrected chi connectivity index (χ3v) is 5.53. The van der Waals surface area contributed by atoms with E-state index in [1.165, 1.54) is 0 Å². The molecule has 0 bridgehead atoms. The molecule has 1 aliphatic rings. The van der Waals surface area contributed by atoms with Gasteiger partial charge in [0.1, 0.15) is 10.7 Å². The Morgan fingerprint density at radius 3 is 1.93 bits per heavy atom. The number of carbonyl (C=O) groups is 2. The molecule has 27 heavy (non-hydrogen) atoms. The fourth-order valence-electron chi connectivity index (χ4n) is 2.65. The van der Waals surface area contributed by atoms with Crippen molar-refractivity contribution < 1.29 is 91.3 Å². The standard InChI is InChI=1S/C14H8FNO8S2.K/c15-8-4-9(26(22,23)24)12(16)11-10(8)14(18)7-3-5(25(19,20)21)1-2-6(7)13(11)17;/h1-4H,16H2,(H,19,20,21)(H,22,23,24);/q;+1. The number of rotatable bonds is 2. The summed E-state index contributed by atoms with van der Waals surface area (Å²) < 4.78 is 77.5. The minimum absolute atomic E-state index is 0. The maximum Gasteiger partial charge on any atom is 1.00 e. The Bertz CT molecular complexity index is 1240. The summed E-state index contributed by atoms with van der Waals surface area (Å²) in [5.74, 6) is -3.62. The van der Waals surface area contributed by atoms with Crippen LogP contribution in [0, 0.1) is 5.82 Å². The molecule has 0 atom stereocenters. The number of hydrogen-bond donors (Lipinski definition) is 3. The molecular formula is C14H8FKNO8S2+. The van der Waals surface area contributed by atoms with Crippen LogP contribution in [0.2, 0.25) is 0 Å². The SMILES string of the molecule is Nc1c(S(=O)(=O)O)cc(F)c2c1C(=O)c1ccc(S(=O)(=O)O)cc1C2=O.[K+]. The van der Waals surface area contributed by atoms with Crippen molar-refractivity contribution >= 4 is 37.5 Å². The van der Waals surface area contributed by atoms with E-state index in [9.17, 15) is 30.8 Å². The van der Waals surface area contributed by atoms with Gasteiger partial charge >= 0.3 is 51.4 Å². The molecule has 2 aromatic rings. The molecule has 0 fully saturated rings. The Kier molecular flexibility index (Phi) is 5.85. The van der Waals surface area contributed by atoms with Crippen molar-refractivity contribution in [3.8, 4) is 0 Å². The average Bonchev–Trinajstić information content (AvgIpc) is 2.51. The Labute approximate surface area is 194 Å². The minimum atomic E-state index is -4.97. The van der Waals surface area contributed by atoms with E-state index < -0.39 is 69.8 Å². The quantitative estimate of drug-likeness (QED) is 0.225. The topological polar surface area (TPSA) is 169 Å². The fourth-order valence-corrected chi connectivity index (χ4v) is 3.79. The van der Waals surface area contributed by atoms with Gasteiger partial charge in [0, 0.05) is 11.1 Å². The van der Waals surface area contributed by atoms with E-state index in [4.69, 9.17) is 14.8 Å². The molecule has 3 rings (SSSR count). The first-order valence-corrected chi connectivity index (χ1v) is 9.52. The maximum atomic E-state index is 14.3. The molecule has 0 aliphatic heterocycles. The van der Waals surface area contributed by atoms with Crippen molar-refractivity contribution in [3.05, 3.63) is 52.3 Å². The number of anilines is 1. The van der Waals surface area contributed by atoms with E-state index in [1.54, 1.807) is 0 Å². The van der Waals surface area contributed by atoms with Crippen molar-refractivity contribution in [2.75, 3.05) is 5.73 Å². The largest absolute Gasteiger partial charge is 1.00 e. The minimum Gasteiger partial charge on any atom is -0.397 e. The molecule has 0 saturated carbocycles. The van der Waals surface area contributed by atoms with Gasteiger partial charge in [0.15, 0.2) is 11.6 Å². The third-order valence-electron chi connectivity index (χ3n) is 3.79. The fraction of sp³-hybridized carbons (Fsp3) is 0. The molecule has 4 N–H and O–H groups in total. The van der Waals surface area contributed by atoms with Gasteiger partial charge in [-0.15, -0.1) is 0 Å². The number of benzene rings is 2. The molecule has 136 valence electrons. The van der Waals surface area contributed by atoms with Crippen LogP contribution < -0.4 is 57.1 Å². The van der Waals surface area contributed by atoms with E-state index >= 15 is 0 Å². The van der Waals surface area contributed by atoms with Crippen LogP contribution in [-0.4, -0.2) is 37.5 Å². The number of hydrogen-bond acceptors (Lipinski definition) is 7. The van der Waals surface area contributed by atoms with E-state index in [2.05, 4.69) is 0 Å². The van der Waals surface area contributed by atoms with Crippen molar-refractivity contribution in [2.45, 2.75) is 9.79 Å². The predicted octanol–water partition coefficient (Wildman–Crippen LogP) is -2.32. The Morgan fingerprint density at radius 2 is 1.41 bits per heavy atom. The first-order valence-electron chi connectivity index (χ1n) is 6.64. The van der Waals surface area contributed by atoms with Gasteiger partial charge in [0.2, 0.25) is 0 Å². The summed E-state index contributed by atoms with van der Waals surface area (Å²) in [4.78, 5) is 23.3. The van der Waals surface area contributed by atoms with Crippen molar-refractivity contribution in [3.63, 3.8) is 0 Å². The zero-order valence-electron chi connectivity index (χ0n) is 13.4. The van der Waals surface area contributed by atoms with Gasteiger partial charge in [-0.3, -0.25) is 18.7 Å². The van der Waals surface area contributed by atoms with Gasteiger partial charge in [-0.1, -0.05) is 0 Å². The van der Waals surface area contributed by atoms with Crippen LogP contribution in [0.1, 0.15) is 31.8 Å². The molecule has 0 radical (unpaired) electrons. The second kappa shape index (κ2) is 7.09. The van der Waals surface area contributed by atoms with Crippen molar-refractivity contribution in [2.24, 2.45) is 0 Å². The number of halogens is 1. The van der Waals surface area contributed by atoms with Gasteiger partial charge in [-0.2, -0.15) is 16.8 Å². The number of fused-ring (bicyclic) bond motifs is 2. The molecule has 0 amide bonds. The molecule has 2 aromatic carbocycles. The first-order chi connectivity index (χ1) is 11.8. The Balaban J connectivity index is 0.00000261. The number of ketones is 2. The number of nitrogens with two attached hydrogens (primary N) is 1. The molecule has 0 saturated heterocycles. The van der Waals surface area contributed by atoms with E-state index in [1.807, 2.05) is 0 Å². The van der Waals surface area contributed by atoms with Gasteiger partial charge in [0.05, 0.1) is 21.7 Å². The molecule has 0 aromatic heterocycles. The summed E-state index contributed by atoms with van der Waals surface area (Å²) in [6, 6.07) is 2.72. The van der Waals surface area contributed by atoms with Gasteiger partial charge in [-0.25, -0.2) is 4.39 Å². The second-order valence-electron chi connectivity index (χ2n) is 5.34. The third kappa shape index (κ3) is 3.66. The normalized spacial score (nSPS) is 13.6. The van der Waals surface area contributed by atoms with Crippen LogP contribution in [0.15, 0.2) is 34.1 Å². The molecule has 0 spiro atoms. The summed E-state index contributed by atoms with van der Waals surface area (Å²) in [5.41, 5.74) is 2.25. The molecule has 0 unspecified atom stereocenters. The predicted molar refractivity (Wildman–Crippen MR) is 83.7 cm³/mol. The summed E-state index contributed by atoms with van der Waals surface area (Å²) >= 11 is 0. The Hall–Kier alpha value is -1.03. The van der Waals surface area contributed by atoms with Crippen LogP contribution in [0.4, 0.5) is 10.1 Å². The summed E-state index contributed by atoms with van der Waals surface area (Å²) in [7, 11) is -9.67. The van der Waals surface area contributed by atoms with Gasteiger partial charge in [0.25, 0.3) is 20.2 Å². The molecule has 1 aliphatic carbocycles. The van der Waals surface area contributed by atoms with E-state index in [0.29, 0.717) is 6.07 Å². The summed E-state index contributed by atoms with van der Waals surface area (Å²) in [5, 5.41) is 0. The molecular weight excluding hydrogens is 432 g/mol. The molecule has 9 nitrogen and oxygen atoms in total. The zero-order valence-corrected chi connectivity index (χ0v) is 18.2. The Morgan fingerprint density at radius 1 is 0.852 bits per heavy atom. The average molecular weight is 440 g/mol. The van der Waals surface area contributed by atoms with Crippen molar-refractivity contribution in [1.29, 1.82) is 0 Å². The van der Waals surface area contributed by atoms with Crippen LogP contribution in [-0.2, 0) is 20.2 Å². The molecule has 0 heterocycles. The van der Waals surface area contributed by atoms with Crippen LogP contribution >= 0.6 is 0 Å². The maximum absolute atomic E-state index is 14.3.